The van der Waals surface area contributed by atoms with Crippen LogP contribution in [0.3, 0.4) is 0 Å². The third-order valence-electron chi connectivity index (χ3n) is 3.79. The Balaban J connectivity index is 1.96. The smallest absolute Gasteiger partial charge is 0.222 e. The van der Waals surface area contributed by atoms with Crippen LogP contribution in [0.1, 0.15) is 51.9 Å². The highest BCUT2D eigenvalue weighted by Gasteiger charge is 2.37. The quantitative estimate of drug-likeness (QED) is 0.663. The van der Waals surface area contributed by atoms with Gasteiger partial charge in [0.1, 0.15) is 0 Å². The molecule has 0 aromatic rings. The van der Waals surface area contributed by atoms with E-state index in [1.54, 1.807) is 0 Å². The van der Waals surface area contributed by atoms with Crippen molar-refractivity contribution in [3.05, 3.63) is 0 Å². The topological polar surface area (TPSA) is 20.3 Å². The van der Waals surface area contributed by atoms with Crippen molar-refractivity contribution in [3.8, 4) is 0 Å². The van der Waals surface area contributed by atoms with Gasteiger partial charge in [0.15, 0.2) is 0 Å². The number of carbonyl (C=O) groups excluding carboxylic acids is 1. The van der Waals surface area contributed by atoms with E-state index in [1.165, 1.54) is 32.1 Å². The monoisotopic (exact) mass is 195 g/mol. The Hall–Kier alpha value is -0.530. The first-order valence-electron chi connectivity index (χ1n) is 6.12. The van der Waals surface area contributed by atoms with Crippen LogP contribution in [0.5, 0.6) is 0 Å². The Bertz CT molecular complexity index is 214. The van der Waals surface area contributed by atoms with Crippen molar-refractivity contribution in [2.45, 2.75) is 57.9 Å². The Labute approximate surface area is 86.7 Å². The zero-order valence-electron chi connectivity index (χ0n) is 9.17. The maximum Gasteiger partial charge on any atom is 0.222 e. The molecule has 2 unspecified atom stereocenters. The van der Waals surface area contributed by atoms with Gasteiger partial charge in [-0.3, -0.25) is 4.79 Å². The fraction of sp³-hybridized carbons (Fsp3) is 0.917. The van der Waals surface area contributed by atoms with Gasteiger partial charge < -0.3 is 4.90 Å². The minimum Gasteiger partial charge on any atom is -0.339 e. The van der Waals surface area contributed by atoms with E-state index in [2.05, 4.69) is 11.8 Å². The molecule has 2 fully saturated rings. The highest BCUT2D eigenvalue weighted by atomic mass is 16.2. The number of likely N-dealkylation sites (tertiary alicyclic amines) is 1. The molecule has 1 amide bonds. The molecular weight excluding hydrogens is 174 g/mol. The van der Waals surface area contributed by atoms with Crippen LogP contribution in [0.25, 0.3) is 0 Å². The number of carbonyl (C=O) groups is 1. The van der Waals surface area contributed by atoms with E-state index in [0.717, 1.165) is 25.3 Å². The van der Waals surface area contributed by atoms with Gasteiger partial charge in [-0.25, -0.2) is 0 Å². The van der Waals surface area contributed by atoms with Crippen LogP contribution >= 0.6 is 0 Å². The molecule has 2 nitrogen and oxygen atoms in total. The zero-order chi connectivity index (χ0) is 9.97. The number of amides is 1. The number of hydrogen-bond donors (Lipinski definition) is 0. The molecule has 1 aliphatic heterocycles. The summed E-state index contributed by atoms with van der Waals surface area (Å²) in [5.74, 6) is 1.24. The van der Waals surface area contributed by atoms with Crippen molar-refractivity contribution in [2.24, 2.45) is 5.92 Å². The van der Waals surface area contributed by atoms with Crippen LogP contribution in [0.2, 0.25) is 0 Å². The third-order valence-corrected chi connectivity index (χ3v) is 3.79. The average Bonchev–Trinajstić information content (AvgIpc) is 2.61. The van der Waals surface area contributed by atoms with E-state index in [0.29, 0.717) is 11.9 Å². The molecule has 0 aromatic heterocycles. The van der Waals surface area contributed by atoms with Gasteiger partial charge in [0, 0.05) is 19.0 Å². The van der Waals surface area contributed by atoms with Crippen molar-refractivity contribution in [1.29, 1.82) is 0 Å². The standard InChI is InChI=1S/C12H21NO/c1-2-5-12(14)13-9-8-10-6-3-4-7-11(10)13/h10-11H,2-9H2,1H3. The van der Waals surface area contributed by atoms with Crippen LogP contribution in [-0.4, -0.2) is 23.4 Å². The molecule has 2 aliphatic rings. The molecule has 1 heterocycles. The molecular formula is C12H21NO. The van der Waals surface area contributed by atoms with Crippen molar-refractivity contribution in [2.75, 3.05) is 6.54 Å². The summed E-state index contributed by atoms with van der Waals surface area (Å²) in [5.41, 5.74) is 0. The van der Waals surface area contributed by atoms with Crippen molar-refractivity contribution in [3.63, 3.8) is 0 Å². The van der Waals surface area contributed by atoms with E-state index in [-0.39, 0.29) is 0 Å². The molecule has 1 saturated carbocycles. The Morgan fingerprint density at radius 1 is 1.29 bits per heavy atom. The van der Waals surface area contributed by atoms with Crippen LogP contribution in [0.15, 0.2) is 0 Å². The van der Waals surface area contributed by atoms with Gasteiger partial charge in [0.2, 0.25) is 5.91 Å². The number of hydrogen-bond acceptors (Lipinski definition) is 1. The molecule has 2 heteroatoms. The van der Waals surface area contributed by atoms with Gasteiger partial charge in [-0.2, -0.15) is 0 Å². The first-order chi connectivity index (χ1) is 6.83. The normalized spacial score (nSPS) is 31.6. The number of rotatable bonds is 2. The van der Waals surface area contributed by atoms with Gasteiger partial charge >= 0.3 is 0 Å². The van der Waals surface area contributed by atoms with Crippen molar-refractivity contribution < 1.29 is 4.79 Å². The molecule has 80 valence electrons. The summed E-state index contributed by atoms with van der Waals surface area (Å²) in [5, 5.41) is 0. The summed E-state index contributed by atoms with van der Waals surface area (Å²) in [6, 6.07) is 0.614. The van der Waals surface area contributed by atoms with Crippen LogP contribution in [0.4, 0.5) is 0 Å². The summed E-state index contributed by atoms with van der Waals surface area (Å²) in [6.45, 7) is 3.13. The van der Waals surface area contributed by atoms with Gasteiger partial charge in [0.25, 0.3) is 0 Å². The van der Waals surface area contributed by atoms with E-state index in [9.17, 15) is 4.79 Å². The minimum absolute atomic E-state index is 0.405. The summed E-state index contributed by atoms with van der Waals surface area (Å²) in [6.07, 6.45) is 8.35. The molecule has 1 saturated heterocycles. The first-order valence-corrected chi connectivity index (χ1v) is 6.12. The summed E-state index contributed by atoms with van der Waals surface area (Å²) >= 11 is 0. The fourth-order valence-electron chi connectivity index (χ4n) is 3.07. The maximum absolute atomic E-state index is 11.8. The highest BCUT2D eigenvalue weighted by molar-refractivity contribution is 5.76. The molecule has 2 rings (SSSR count). The van der Waals surface area contributed by atoms with Crippen LogP contribution < -0.4 is 0 Å². The van der Waals surface area contributed by atoms with E-state index in [4.69, 9.17) is 0 Å². The number of nitrogens with zero attached hydrogens (tertiary/aromatic N) is 1. The summed E-state index contributed by atoms with van der Waals surface area (Å²) in [7, 11) is 0. The molecule has 0 spiro atoms. The average molecular weight is 195 g/mol. The Kier molecular flexibility index (Phi) is 3.09. The number of fused-ring (bicyclic) bond motifs is 1. The first kappa shape index (κ1) is 10.0. The molecule has 0 N–H and O–H groups in total. The molecule has 0 bridgehead atoms. The Morgan fingerprint density at radius 3 is 2.86 bits per heavy atom. The summed E-state index contributed by atoms with van der Waals surface area (Å²) < 4.78 is 0. The second-order valence-corrected chi connectivity index (χ2v) is 4.74. The van der Waals surface area contributed by atoms with Crippen LogP contribution in [-0.2, 0) is 4.79 Å². The fourth-order valence-corrected chi connectivity index (χ4v) is 3.07. The molecule has 1 aliphatic carbocycles. The lowest BCUT2D eigenvalue weighted by Gasteiger charge is -2.31. The lowest BCUT2D eigenvalue weighted by molar-refractivity contribution is -0.132. The third kappa shape index (κ3) is 1.79. The molecule has 14 heavy (non-hydrogen) atoms. The summed E-state index contributed by atoms with van der Waals surface area (Å²) in [4.78, 5) is 14.0. The predicted molar refractivity (Wildman–Crippen MR) is 57.0 cm³/mol. The molecule has 0 aromatic carbocycles. The maximum atomic E-state index is 11.8. The van der Waals surface area contributed by atoms with Crippen LogP contribution in [0, 0.1) is 5.92 Å². The molecule has 0 radical (unpaired) electrons. The minimum atomic E-state index is 0.405. The zero-order valence-corrected chi connectivity index (χ0v) is 9.17. The largest absolute Gasteiger partial charge is 0.339 e. The Morgan fingerprint density at radius 2 is 2.07 bits per heavy atom. The van der Waals surface area contributed by atoms with Gasteiger partial charge in [-0.05, 0) is 31.6 Å². The highest BCUT2D eigenvalue weighted by Crippen LogP contribution is 2.36. The van der Waals surface area contributed by atoms with E-state index >= 15 is 0 Å². The van der Waals surface area contributed by atoms with Gasteiger partial charge in [-0.15, -0.1) is 0 Å². The molecule has 2 atom stereocenters. The van der Waals surface area contributed by atoms with E-state index in [1.807, 2.05) is 0 Å². The second kappa shape index (κ2) is 4.33. The van der Waals surface area contributed by atoms with Crippen molar-refractivity contribution >= 4 is 5.91 Å². The predicted octanol–water partition coefficient (Wildman–Crippen LogP) is 2.58. The lowest BCUT2D eigenvalue weighted by atomic mass is 9.85. The van der Waals surface area contributed by atoms with E-state index < -0.39 is 0 Å². The lowest BCUT2D eigenvalue weighted by Crippen LogP contribution is -2.39. The SMILES string of the molecule is CCCC(=O)N1CCC2CCCCC21. The second-order valence-electron chi connectivity index (χ2n) is 4.74. The van der Waals surface area contributed by atoms with Crippen molar-refractivity contribution in [1.82, 2.24) is 4.90 Å². The van der Waals surface area contributed by atoms with Gasteiger partial charge in [-0.1, -0.05) is 19.8 Å². The van der Waals surface area contributed by atoms with Gasteiger partial charge in [0.05, 0.1) is 0 Å².